The summed E-state index contributed by atoms with van der Waals surface area (Å²) in [6.45, 7) is 0.272. The molecule has 0 unspecified atom stereocenters. The lowest BCUT2D eigenvalue weighted by Crippen LogP contribution is -2.02. The number of hydrogen-bond donors (Lipinski definition) is 1. The minimum Gasteiger partial charge on any atom is -0.491 e. The van der Waals surface area contributed by atoms with E-state index in [0.717, 1.165) is 5.56 Å². The van der Waals surface area contributed by atoms with Gasteiger partial charge in [0.1, 0.15) is 12.3 Å². The normalized spacial score (nSPS) is 9.68. The number of rotatable bonds is 6. The Morgan fingerprint density at radius 2 is 1.95 bits per heavy atom. The SMILES string of the molecule is COc1c(OCc2ccccc2)ccc(C(=O)O)c1N=C=O. The van der Waals surface area contributed by atoms with E-state index in [2.05, 4.69) is 4.99 Å². The number of ether oxygens (including phenoxy) is 2. The van der Waals surface area contributed by atoms with Crippen LogP contribution < -0.4 is 9.47 Å². The summed E-state index contributed by atoms with van der Waals surface area (Å²) < 4.78 is 10.8. The molecule has 112 valence electrons. The van der Waals surface area contributed by atoms with E-state index in [9.17, 15) is 9.59 Å². The molecule has 2 aromatic carbocycles. The predicted molar refractivity (Wildman–Crippen MR) is 78.5 cm³/mol. The summed E-state index contributed by atoms with van der Waals surface area (Å²) in [5.41, 5.74) is 0.662. The Hall–Kier alpha value is -3.11. The quantitative estimate of drug-likeness (QED) is 0.654. The van der Waals surface area contributed by atoms with Crippen molar-refractivity contribution in [1.29, 1.82) is 0 Å². The lowest BCUT2D eigenvalue weighted by Gasteiger charge is -2.13. The first kappa shape index (κ1) is 15.3. The van der Waals surface area contributed by atoms with Crippen LogP contribution in [0.3, 0.4) is 0 Å². The third-order valence-electron chi connectivity index (χ3n) is 2.92. The number of carbonyl (C=O) groups excluding carboxylic acids is 1. The molecule has 22 heavy (non-hydrogen) atoms. The lowest BCUT2D eigenvalue weighted by molar-refractivity contribution is 0.0697. The van der Waals surface area contributed by atoms with Crippen molar-refractivity contribution >= 4 is 17.7 Å². The number of aliphatic imine (C=N–C) groups is 1. The number of aromatic carboxylic acids is 1. The molecule has 6 nitrogen and oxygen atoms in total. The van der Waals surface area contributed by atoms with Gasteiger partial charge in [-0.25, -0.2) is 9.59 Å². The largest absolute Gasteiger partial charge is 0.491 e. The van der Waals surface area contributed by atoms with Crippen molar-refractivity contribution in [3.63, 3.8) is 0 Å². The number of nitrogens with zero attached hydrogens (tertiary/aromatic N) is 1. The number of carboxylic acids is 1. The fraction of sp³-hybridized carbons (Fsp3) is 0.125. The number of isocyanates is 1. The lowest BCUT2D eigenvalue weighted by atomic mass is 10.1. The molecule has 1 N–H and O–H groups in total. The highest BCUT2D eigenvalue weighted by Gasteiger charge is 2.19. The Morgan fingerprint density at radius 1 is 1.23 bits per heavy atom. The fourth-order valence-corrected chi connectivity index (χ4v) is 1.93. The van der Waals surface area contributed by atoms with Crippen molar-refractivity contribution in [3.8, 4) is 11.5 Å². The maximum Gasteiger partial charge on any atom is 0.338 e. The van der Waals surface area contributed by atoms with Gasteiger partial charge in [0.15, 0.2) is 11.5 Å². The molecule has 0 radical (unpaired) electrons. The molecule has 0 aliphatic carbocycles. The van der Waals surface area contributed by atoms with Crippen LogP contribution >= 0.6 is 0 Å². The number of carboxylic acid groups (broad SMARTS) is 1. The molecule has 0 fully saturated rings. The van der Waals surface area contributed by atoms with Gasteiger partial charge in [-0.2, -0.15) is 4.99 Å². The maximum atomic E-state index is 11.2. The molecule has 0 aliphatic rings. The van der Waals surface area contributed by atoms with Crippen molar-refractivity contribution in [1.82, 2.24) is 0 Å². The molecule has 0 spiro atoms. The van der Waals surface area contributed by atoms with Crippen LogP contribution in [0.25, 0.3) is 0 Å². The zero-order valence-electron chi connectivity index (χ0n) is 11.8. The molecule has 2 aromatic rings. The van der Waals surface area contributed by atoms with E-state index in [-0.39, 0.29) is 23.6 Å². The number of benzene rings is 2. The molecule has 0 heterocycles. The molecule has 0 aromatic heterocycles. The second kappa shape index (κ2) is 7.06. The summed E-state index contributed by atoms with van der Waals surface area (Å²) >= 11 is 0. The van der Waals surface area contributed by atoms with Crippen LogP contribution in [0.4, 0.5) is 5.69 Å². The van der Waals surface area contributed by atoms with E-state index in [1.807, 2.05) is 30.3 Å². The first-order chi connectivity index (χ1) is 10.7. The smallest absolute Gasteiger partial charge is 0.338 e. The maximum absolute atomic E-state index is 11.2. The number of hydrogen-bond acceptors (Lipinski definition) is 5. The first-order valence-corrected chi connectivity index (χ1v) is 6.36. The molecule has 6 heteroatoms. The van der Waals surface area contributed by atoms with Gasteiger partial charge in [-0.1, -0.05) is 30.3 Å². The summed E-state index contributed by atoms with van der Waals surface area (Å²) in [6.07, 6.45) is 1.33. The zero-order chi connectivity index (χ0) is 15.9. The zero-order valence-corrected chi connectivity index (χ0v) is 11.8. The van der Waals surface area contributed by atoms with E-state index in [4.69, 9.17) is 14.6 Å². The van der Waals surface area contributed by atoms with E-state index < -0.39 is 5.97 Å². The van der Waals surface area contributed by atoms with Crippen molar-refractivity contribution in [2.75, 3.05) is 7.11 Å². The van der Waals surface area contributed by atoms with Gasteiger partial charge >= 0.3 is 5.97 Å². The molecular formula is C16H13NO5. The standard InChI is InChI=1S/C16H13NO5/c1-21-15-13(22-9-11-5-3-2-4-6-11)8-7-12(16(19)20)14(15)17-10-18/h2-8H,9H2,1H3,(H,19,20). The Morgan fingerprint density at radius 3 is 2.55 bits per heavy atom. The topological polar surface area (TPSA) is 85.2 Å². The van der Waals surface area contributed by atoms with Gasteiger partial charge in [0.05, 0.1) is 12.7 Å². The van der Waals surface area contributed by atoms with Crippen molar-refractivity contribution in [2.45, 2.75) is 6.61 Å². The summed E-state index contributed by atoms with van der Waals surface area (Å²) in [6, 6.07) is 12.2. The molecular weight excluding hydrogens is 286 g/mol. The Kier molecular flexibility index (Phi) is 4.90. The fourth-order valence-electron chi connectivity index (χ4n) is 1.93. The van der Waals surface area contributed by atoms with Gasteiger partial charge in [-0.3, -0.25) is 0 Å². The summed E-state index contributed by atoms with van der Waals surface area (Å²) in [4.78, 5) is 25.1. The molecule has 0 saturated heterocycles. The van der Waals surface area contributed by atoms with Gasteiger partial charge in [0, 0.05) is 0 Å². The summed E-state index contributed by atoms with van der Waals surface area (Å²) in [7, 11) is 1.35. The third-order valence-corrected chi connectivity index (χ3v) is 2.92. The third kappa shape index (κ3) is 3.31. The van der Waals surface area contributed by atoms with Gasteiger partial charge in [0.25, 0.3) is 0 Å². The Labute approximate surface area is 126 Å². The molecule has 0 amide bonds. The first-order valence-electron chi connectivity index (χ1n) is 6.36. The van der Waals surface area contributed by atoms with E-state index in [1.54, 1.807) is 0 Å². The van der Waals surface area contributed by atoms with Gasteiger partial charge < -0.3 is 14.6 Å². The van der Waals surface area contributed by atoms with Crippen LogP contribution in [-0.4, -0.2) is 24.3 Å². The van der Waals surface area contributed by atoms with Crippen LogP contribution in [0, 0.1) is 0 Å². The highest BCUT2D eigenvalue weighted by Crippen LogP contribution is 2.40. The monoisotopic (exact) mass is 299 g/mol. The minimum absolute atomic E-state index is 0.0826. The van der Waals surface area contributed by atoms with Gasteiger partial charge in [0.2, 0.25) is 6.08 Å². The van der Waals surface area contributed by atoms with Crippen molar-refractivity contribution in [3.05, 3.63) is 53.6 Å². The van der Waals surface area contributed by atoms with Gasteiger partial charge in [-0.05, 0) is 17.7 Å². The van der Waals surface area contributed by atoms with Crippen LogP contribution in [-0.2, 0) is 11.4 Å². The Bertz CT molecular complexity index is 721. The molecule has 0 bridgehead atoms. The van der Waals surface area contributed by atoms with Crippen LogP contribution in [0.15, 0.2) is 47.5 Å². The molecule has 2 rings (SSSR count). The number of carbonyl (C=O) groups is 1. The van der Waals surface area contributed by atoms with Crippen molar-refractivity contribution in [2.24, 2.45) is 4.99 Å². The van der Waals surface area contributed by atoms with Crippen molar-refractivity contribution < 1.29 is 24.2 Å². The Balaban J connectivity index is 2.37. The summed E-state index contributed by atoms with van der Waals surface area (Å²) in [5, 5.41) is 9.12. The van der Waals surface area contributed by atoms with E-state index >= 15 is 0 Å². The molecule has 0 saturated carbocycles. The second-order valence-corrected chi connectivity index (χ2v) is 4.28. The van der Waals surface area contributed by atoms with E-state index in [0.29, 0.717) is 5.75 Å². The van der Waals surface area contributed by atoms with Gasteiger partial charge in [-0.15, -0.1) is 0 Å². The second-order valence-electron chi connectivity index (χ2n) is 4.28. The minimum atomic E-state index is -1.22. The average molecular weight is 299 g/mol. The van der Waals surface area contributed by atoms with Crippen LogP contribution in [0.5, 0.6) is 11.5 Å². The van der Waals surface area contributed by atoms with Crippen LogP contribution in [0.1, 0.15) is 15.9 Å². The average Bonchev–Trinajstić information content (AvgIpc) is 2.53. The number of methoxy groups -OCH3 is 1. The highest BCUT2D eigenvalue weighted by molar-refractivity contribution is 5.96. The highest BCUT2D eigenvalue weighted by atomic mass is 16.5. The van der Waals surface area contributed by atoms with E-state index in [1.165, 1.54) is 25.3 Å². The predicted octanol–water partition coefficient (Wildman–Crippen LogP) is 2.94. The van der Waals surface area contributed by atoms with Crippen LogP contribution in [0.2, 0.25) is 0 Å². The molecule has 0 aliphatic heterocycles. The molecule has 0 atom stereocenters. The summed E-state index contributed by atoms with van der Waals surface area (Å²) in [5.74, 6) is -0.841.